The lowest BCUT2D eigenvalue weighted by Crippen LogP contribution is -2.12. The summed E-state index contributed by atoms with van der Waals surface area (Å²) in [4.78, 5) is 24.1. The number of nitrogens with one attached hydrogen (secondary N) is 2. The molecule has 0 spiro atoms. The Morgan fingerprint density at radius 2 is 2.14 bits per heavy atom. The van der Waals surface area contributed by atoms with Crippen molar-refractivity contribution in [2.45, 2.75) is 0 Å². The van der Waals surface area contributed by atoms with Crippen LogP contribution in [0.15, 0.2) is 29.1 Å². The van der Waals surface area contributed by atoms with E-state index in [-0.39, 0.29) is 17.3 Å². The van der Waals surface area contributed by atoms with E-state index in [1.54, 1.807) is 6.07 Å². The first-order valence-electron chi connectivity index (χ1n) is 5.60. The Kier molecular flexibility index (Phi) is 4.40. The third-order valence-electron chi connectivity index (χ3n) is 2.57. The van der Waals surface area contributed by atoms with Crippen molar-refractivity contribution in [3.8, 4) is 5.75 Å². The van der Waals surface area contributed by atoms with Crippen LogP contribution in [0.2, 0.25) is 0 Å². The molecule has 2 aromatic rings. The average molecular weight is 405 g/mol. The van der Waals surface area contributed by atoms with E-state index in [2.05, 4.69) is 10.3 Å². The summed E-state index contributed by atoms with van der Waals surface area (Å²) in [5.41, 5.74) is -1.08. The molecule has 0 saturated heterocycles. The molecule has 0 radical (unpaired) electrons. The summed E-state index contributed by atoms with van der Waals surface area (Å²) in [5, 5.41) is 13.6. The number of hydrogen-bond acceptors (Lipinski definition) is 5. The molecule has 0 unspecified atom stereocenters. The maximum atomic E-state index is 13.8. The Morgan fingerprint density at radius 1 is 1.43 bits per heavy atom. The second kappa shape index (κ2) is 6.08. The van der Waals surface area contributed by atoms with Crippen LogP contribution in [0.5, 0.6) is 5.75 Å². The van der Waals surface area contributed by atoms with Crippen molar-refractivity contribution < 1.29 is 14.1 Å². The van der Waals surface area contributed by atoms with Gasteiger partial charge < -0.3 is 15.0 Å². The first-order valence-corrected chi connectivity index (χ1v) is 6.68. The van der Waals surface area contributed by atoms with Crippen molar-refractivity contribution >= 4 is 39.8 Å². The molecule has 0 amide bonds. The van der Waals surface area contributed by atoms with Gasteiger partial charge in [0.2, 0.25) is 5.75 Å². The van der Waals surface area contributed by atoms with Crippen LogP contribution in [0.25, 0.3) is 0 Å². The molecule has 0 saturated carbocycles. The highest BCUT2D eigenvalue weighted by Gasteiger charge is 2.23. The molecule has 9 heteroatoms. The minimum absolute atomic E-state index is 0.00224. The highest BCUT2D eigenvalue weighted by atomic mass is 127. The minimum atomic E-state index is -0.721. The van der Waals surface area contributed by atoms with Gasteiger partial charge in [-0.3, -0.25) is 14.9 Å². The second-order valence-corrected chi connectivity index (χ2v) is 5.18. The van der Waals surface area contributed by atoms with E-state index in [0.29, 0.717) is 3.57 Å². The van der Waals surface area contributed by atoms with Crippen LogP contribution >= 0.6 is 22.6 Å². The summed E-state index contributed by atoms with van der Waals surface area (Å²) in [5.74, 6) is -1.05. The van der Waals surface area contributed by atoms with E-state index in [4.69, 9.17) is 4.74 Å². The first-order chi connectivity index (χ1) is 9.92. The SMILES string of the molecule is COc1cc(=O)[nH]c(Nc2ccc(I)cc2F)c1[N+](=O)[O-]. The number of hydrogen-bond donors (Lipinski definition) is 2. The zero-order valence-electron chi connectivity index (χ0n) is 10.6. The molecule has 1 aromatic carbocycles. The molecule has 0 atom stereocenters. The van der Waals surface area contributed by atoms with Gasteiger partial charge in [0.15, 0.2) is 5.82 Å². The Balaban J connectivity index is 2.55. The minimum Gasteiger partial charge on any atom is -0.490 e. The van der Waals surface area contributed by atoms with E-state index >= 15 is 0 Å². The molecule has 0 fully saturated rings. The summed E-state index contributed by atoms with van der Waals surface area (Å²) in [6, 6.07) is 5.25. The molecule has 0 aliphatic rings. The smallest absolute Gasteiger partial charge is 0.351 e. The van der Waals surface area contributed by atoms with Gasteiger partial charge in [-0.15, -0.1) is 0 Å². The number of H-pyrrole nitrogens is 1. The fraction of sp³-hybridized carbons (Fsp3) is 0.0833. The summed E-state index contributed by atoms with van der Waals surface area (Å²) < 4.78 is 19.3. The number of pyridine rings is 1. The zero-order chi connectivity index (χ0) is 15.6. The van der Waals surface area contributed by atoms with Gasteiger partial charge in [-0.25, -0.2) is 4.39 Å². The average Bonchev–Trinajstić information content (AvgIpc) is 2.40. The van der Waals surface area contributed by atoms with Gasteiger partial charge in [0.1, 0.15) is 5.82 Å². The van der Waals surface area contributed by atoms with Crippen LogP contribution in [0.1, 0.15) is 0 Å². The van der Waals surface area contributed by atoms with Crippen LogP contribution in [-0.4, -0.2) is 17.0 Å². The van der Waals surface area contributed by atoms with E-state index in [1.165, 1.54) is 19.2 Å². The fourth-order valence-electron chi connectivity index (χ4n) is 1.68. The number of methoxy groups -OCH3 is 1. The van der Waals surface area contributed by atoms with Crippen molar-refractivity contribution in [2.24, 2.45) is 0 Å². The van der Waals surface area contributed by atoms with Crippen molar-refractivity contribution in [3.63, 3.8) is 0 Å². The molecular weight excluding hydrogens is 396 g/mol. The lowest BCUT2D eigenvalue weighted by atomic mass is 10.3. The van der Waals surface area contributed by atoms with E-state index < -0.39 is 22.0 Å². The van der Waals surface area contributed by atoms with Crippen LogP contribution in [0.3, 0.4) is 0 Å². The molecule has 110 valence electrons. The topological polar surface area (TPSA) is 97.3 Å². The van der Waals surface area contributed by atoms with Gasteiger partial charge in [0, 0.05) is 3.57 Å². The number of aromatic amines is 1. The fourth-order valence-corrected chi connectivity index (χ4v) is 2.14. The largest absolute Gasteiger partial charge is 0.490 e. The number of benzene rings is 1. The predicted octanol–water partition coefficient (Wildman–Crippen LogP) is 2.78. The maximum absolute atomic E-state index is 13.8. The molecule has 0 aliphatic heterocycles. The van der Waals surface area contributed by atoms with Gasteiger partial charge >= 0.3 is 5.69 Å². The van der Waals surface area contributed by atoms with Crippen molar-refractivity contribution in [1.82, 2.24) is 4.98 Å². The number of nitro groups is 1. The summed E-state index contributed by atoms with van der Waals surface area (Å²) in [7, 11) is 1.21. The molecule has 1 aromatic heterocycles. The molecule has 2 N–H and O–H groups in total. The Morgan fingerprint density at radius 3 is 2.71 bits per heavy atom. The predicted molar refractivity (Wildman–Crippen MR) is 82.7 cm³/mol. The second-order valence-electron chi connectivity index (χ2n) is 3.93. The first kappa shape index (κ1) is 15.2. The number of aromatic nitrogens is 1. The normalized spacial score (nSPS) is 10.2. The maximum Gasteiger partial charge on any atom is 0.351 e. The number of rotatable bonds is 4. The van der Waals surface area contributed by atoms with Crippen molar-refractivity contribution in [2.75, 3.05) is 12.4 Å². The lowest BCUT2D eigenvalue weighted by Gasteiger charge is -2.10. The van der Waals surface area contributed by atoms with E-state index in [1.807, 2.05) is 22.6 Å². The molecule has 0 aliphatic carbocycles. The van der Waals surface area contributed by atoms with Gasteiger partial charge in [-0.2, -0.15) is 0 Å². The third-order valence-corrected chi connectivity index (χ3v) is 3.24. The van der Waals surface area contributed by atoms with Gasteiger partial charge in [-0.05, 0) is 40.8 Å². The third kappa shape index (κ3) is 3.29. The number of ether oxygens (including phenoxy) is 1. The van der Waals surface area contributed by atoms with Gasteiger partial charge in [0.25, 0.3) is 5.56 Å². The molecule has 2 rings (SSSR count). The van der Waals surface area contributed by atoms with Gasteiger partial charge in [0.05, 0.1) is 23.8 Å². The summed E-state index contributed by atoms with van der Waals surface area (Å²) in [6.45, 7) is 0. The Bertz CT molecular complexity index is 763. The van der Waals surface area contributed by atoms with Crippen LogP contribution in [-0.2, 0) is 0 Å². The molecule has 1 heterocycles. The standard InChI is InChI=1S/C12H9FIN3O4/c1-21-9-5-10(18)16-12(11(9)17(19)20)15-8-3-2-6(14)4-7(8)13/h2-5H,1H3,(H2,15,16,18). The van der Waals surface area contributed by atoms with Crippen LogP contribution in [0.4, 0.5) is 21.6 Å². The zero-order valence-corrected chi connectivity index (χ0v) is 12.8. The summed E-state index contributed by atoms with van der Waals surface area (Å²) >= 11 is 1.93. The van der Waals surface area contributed by atoms with E-state index in [0.717, 1.165) is 6.07 Å². The summed E-state index contributed by atoms with van der Waals surface area (Å²) in [6.07, 6.45) is 0. The van der Waals surface area contributed by atoms with Gasteiger partial charge in [-0.1, -0.05) is 0 Å². The number of halogens is 2. The highest BCUT2D eigenvalue weighted by molar-refractivity contribution is 14.1. The van der Waals surface area contributed by atoms with Crippen molar-refractivity contribution in [1.29, 1.82) is 0 Å². The molecule has 21 heavy (non-hydrogen) atoms. The Hall–Kier alpha value is -2.17. The number of nitrogens with zero attached hydrogens (tertiary/aromatic N) is 1. The monoisotopic (exact) mass is 405 g/mol. The number of anilines is 2. The molecule has 7 nitrogen and oxygen atoms in total. The highest BCUT2D eigenvalue weighted by Crippen LogP contribution is 2.33. The van der Waals surface area contributed by atoms with E-state index in [9.17, 15) is 19.3 Å². The van der Waals surface area contributed by atoms with Crippen molar-refractivity contribution in [3.05, 3.63) is 54.1 Å². The molecular formula is C12H9FIN3O4. The van der Waals surface area contributed by atoms with Crippen LogP contribution < -0.4 is 15.6 Å². The molecule has 0 bridgehead atoms. The quantitative estimate of drug-likeness (QED) is 0.463. The Labute approximate surface area is 131 Å². The van der Waals surface area contributed by atoms with Crippen LogP contribution in [0, 0.1) is 19.5 Å². The lowest BCUT2D eigenvalue weighted by molar-refractivity contribution is -0.385.